The van der Waals surface area contributed by atoms with Gasteiger partial charge in [-0.25, -0.2) is 4.79 Å². The van der Waals surface area contributed by atoms with Gasteiger partial charge in [-0.05, 0) is 38.5 Å². The number of carbonyl (C=O) groups excluding carboxylic acids is 2. The van der Waals surface area contributed by atoms with Gasteiger partial charge in [0.05, 0.1) is 15.3 Å². The molecule has 0 aromatic carbocycles. The third-order valence-electron chi connectivity index (χ3n) is 8.94. The Morgan fingerprint density at radius 3 is 1.26 bits per heavy atom. The molecule has 0 saturated heterocycles. The summed E-state index contributed by atoms with van der Waals surface area (Å²) in [7, 11) is -0.526. The molecule has 0 aliphatic rings. The summed E-state index contributed by atoms with van der Waals surface area (Å²) in [6.45, 7) is 3.84. The zero-order chi connectivity index (χ0) is 33.9. The first-order valence-electron chi connectivity index (χ1n) is 19.6. The van der Waals surface area contributed by atoms with Crippen LogP contribution in [0, 0.1) is 0 Å². The third kappa shape index (κ3) is 28.9. The number of rotatable bonds is 36. The van der Waals surface area contributed by atoms with E-state index in [4.69, 9.17) is 0 Å². The monoisotopic (exact) mass is 668 g/mol. The fourth-order valence-corrected chi connectivity index (χ4v) is 7.04. The highest BCUT2D eigenvalue weighted by Gasteiger charge is 2.30. The minimum Gasteiger partial charge on any atom is -0.480 e. The number of hydrogen-bond acceptors (Lipinski definition) is 4. The number of carboxylic acid groups (broad SMARTS) is 1. The molecule has 0 aliphatic heterocycles. The third-order valence-corrected chi connectivity index (χ3v) is 10.2. The van der Waals surface area contributed by atoms with E-state index in [-0.39, 0.29) is 17.9 Å². The molecule has 0 fully saturated rings. The molecule has 0 aromatic heterocycles. The first kappa shape index (κ1) is 44.7. The Hall–Kier alpha value is -1.26. The number of amides is 1. The van der Waals surface area contributed by atoms with Crippen LogP contribution in [-0.2, 0) is 14.4 Å². The molecule has 270 valence electrons. The van der Waals surface area contributed by atoms with E-state index in [9.17, 15) is 24.6 Å². The largest absolute Gasteiger partial charge is 0.480 e. The molecule has 0 saturated carbocycles. The van der Waals surface area contributed by atoms with Crippen molar-refractivity contribution in [1.29, 1.82) is 0 Å². The van der Waals surface area contributed by atoms with Crippen LogP contribution in [0.1, 0.15) is 206 Å². The van der Waals surface area contributed by atoms with Crippen LogP contribution in [0.25, 0.3) is 0 Å². The van der Waals surface area contributed by atoms with Crippen molar-refractivity contribution in [2.24, 2.45) is 0 Å². The van der Waals surface area contributed by atoms with Gasteiger partial charge < -0.3 is 14.9 Å². The molecule has 46 heavy (non-hydrogen) atoms. The standard InChI is InChI=1S/C39H74NO5P/c1-3-5-7-9-11-13-15-17-19-21-23-25-27-29-31-33-37(42)40(36(35-41)39(44)45)46-38(43)34-32-30-28-26-24-22-20-18-16-14-12-10-8-6-4-2/h18,20,36,41,46H,3-17,19,21-35H2,1-2H3,(H,44,45)/b20-18-. The molecule has 0 aromatic rings. The number of unbranched alkanes of at least 4 members (excludes halogenated alkanes) is 25. The topological polar surface area (TPSA) is 94.9 Å². The Kier molecular flexibility index (Phi) is 34.1. The average molecular weight is 668 g/mol. The Labute approximate surface area is 286 Å². The van der Waals surface area contributed by atoms with Crippen LogP contribution in [0.15, 0.2) is 12.2 Å². The average Bonchev–Trinajstić information content (AvgIpc) is 3.04. The molecule has 0 spiro atoms. The van der Waals surface area contributed by atoms with Gasteiger partial charge in [0.1, 0.15) is 0 Å². The van der Waals surface area contributed by atoms with Crippen molar-refractivity contribution >= 4 is 26.1 Å². The van der Waals surface area contributed by atoms with Crippen molar-refractivity contribution in [2.75, 3.05) is 6.61 Å². The molecule has 0 radical (unpaired) electrons. The summed E-state index contributed by atoms with van der Waals surface area (Å²) in [5.41, 5.74) is -0.0952. The number of aliphatic hydroxyl groups is 1. The van der Waals surface area contributed by atoms with Gasteiger partial charge in [-0.3, -0.25) is 9.59 Å². The number of hydrogen-bond donors (Lipinski definition) is 2. The summed E-state index contributed by atoms with van der Waals surface area (Å²) in [4.78, 5) is 37.3. The van der Waals surface area contributed by atoms with Gasteiger partial charge in [0.2, 0.25) is 5.91 Å². The van der Waals surface area contributed by atoms with E-state index < -0.39 is 27.3 Å². The Bertz CT molecular complexity index is 744. The molecule has 2 atom stereocenters. The van der Waals surface area contributed by atoms with E-state index in [0.29, 0.717) is 12.8 Å². The van der Waals surface area contributed by atoms with E-state index >= 15 is 0 Å². The van der Waals surface area contributed by atoms with Crippen LogP contribution in [0.5, 0.6) is 0 Å². The number of nitrogens with zero attached hydrogens (tertiary/aromatic N) is 1. The summed E-state index contributed by atoms with van der Waals surface area (Å²) in [6, 6.07) is -1.35. The lowest BCUT2D eigenvalue weighted by Gasteiger charge is -2.27. The molecular formula is C39H74NO5P. The minimum absolute atomic E-state index is 0.0952. The summed E-state index contributed by atoms with van der Waals surface area (Å²) < 4.78 is 1.13. The molecule has 7 heteroatoms. The molecule has 0 bridgehead atoms. The lowest BCUT2D eigenvalue weighted by atomic mass is 10.0. The molecule has 1 amide bonds. The lowest BCUT2D eigenvalue weighted by Crippen LogP contribution is -2.43. The van der Waals surface area contributed by atoms with Crippen LogP contribution >= 0.6 is 8.73 Å². The Morgan fingerprint density at radius 2 is 0.891 bits per heavy atom. The second-order valence-corrected chi connectivity index (χ2v) is 14.6. The highest BCUT2D eigenvalue weighted by molar-refractivity contribution is 7.56. The second kappa shape index (κ2) is 35.1. The minimum atomic E-state index is -1.35. The maximum Gasteiger partial charge on any atom is 0.329 e. The summed E-state index contributed by atoms with van der Waals surface area (Å²) in [6.07, 6.45) is 39.3. The molecule has 0 heterocycles. The number of aliphatic carboxylic acids is 1. The van der Waals surface area contributed by atoms with Gasteiger partial charge >= 0.3 is 5.97 Å². The quantitative estimate of drug-likeness (QED) is 0.0394. The predicted octanol–water partition coefficient (Wildman–Crippen LogP) is 11.7. The van der Waals surface area contributed by atoms with Crippen LogP contribution in [0.2, 0.25) is 0 Å². The fraction of sp³-hybridized carbons (Fsp3) is 0.872. The van der Waals surface area contributed by atoms with Gasteiger partial charge in [0.15, 0.2) is 11.6 Å². The van der Waals surface area contributed by atoms with Gasteiger partial charge in [0, 0.05) is 12.8 Å². The van der Waals surface area contributed by atoms with Gasteiger partial charge in [0.25, 0.3) is 0 Å². The normalized spacial score (nSPS) is 12.4. The van der Waals surface area contributed by atoms with Gasteiger partial charge in [-0.15, -0.1) is 0 Å². The molecule has 0 aliphatic carbocycles. The van der Waals surface area contributed by atoms with E-state index in [1.165, 1.54) is 128 Å². The van der Waals surface area contributed by atoms with Crippen LogP contribution in [-0.4, -0.2) is 44.9 Å². The van der Waals surface area contributed by atoms with Crippen LogP contribution in [0.4, 0.5) is 0 Å². The summed E-state index contributed by atoms with van der Waals surface area (Å²) >= 11 is 0. The van der Waals surface area contributed by atoms with E-state index in [0.717, 1.165) is 49.6 Å². The first-order chi connectivity index (χ1) is 22.5. The Balaban J connectivity index is 4.03. The molecular weight excluding hydrogens is 593 g/mol. The summed E-state index contributed by atoms with van der Waals surface area (Å²) in [5.74, 6) is -1.58. The van der Waals surface area contributed by atoms with Crippen molar-refractivity contribution < 1.29 is 24.6 Å². The zero-order valence-corrected chi connectivity index (χ0v) is 31.2. The molecule has 0 rings (SSSR count). The van der Waals surface area contributed by atoms with Crippen molar-refractivity contribution in [3.05, 3.63) is 12.2 Å². The second-order valence-electron chi connectivity index (χ2n) is 13.4. The maximum atomic E-state index is 12.9. The van der Waals surface area contributed by atoms with Crippen LogP contribution in [0.3, 0.4) is 0 Å². The van der Waals surface area contributed by atoms with Gasteiger partial charge in [-0.1, -0.05) is 167 Å². The highest BCUT2D eigenvalue weighted by Crippen LogP contribution is 2.27. The van der Waals surface area contributed by atoms with Crippen molar-refractivity contribution in [2.45, 2.75) is 213 Å². The number of carbonyl (C=O) groups is 3. The molecule has 6 nitrogen and oxygen atoms in total. The molecule has 2 unspecified atom stereocenters. The van der Waals surface area contributed by atoms with E-state index in [2.05, 4.69) is 26.0 Å². The fourth-order valence-electron chi connectivity index (χ4n) is 5.90. The van der Waals surface area contributed by atoms with Crippen molar-refractivity contribution in [1.82, 2.24) is 4.67 Å². The van der Waals surface area contributed by atoms with E-state index in [1.54, 1.807) is 0 Å². The number of aliphatic hydroxyl groups excluding tert-OH is 1. The first-order valence-corrected chi connectivity index (χ1v) is 20.5. The number of allylic oxidation sites excluding steroid dienone is 2. The lowest BCUT2D eigenvalue weighted by molar-refractivity contribution is -0.147. The summed E-state index contributed by atoms with van der Waals surface area (Å²) in [5, 5.41) is 19.2. The predicted molar refractivity (Wildman–Crippen MR) is 198 cm³/mol. The highest BCUT2D eigenvalue weighted by atomic mass is 31.1. The smallest absolute Gasteiger partial charge is 0.329 e. The van der Waals surface area contributed by atoms with E-state index in [1.807, 2.05) is 0 Å². The zero-order valence-electron chi connectivity index (χ0n) is 30.2. The Morgan fingerprint density at radius 1 is 0.543 bits per heavy atom. The molecule has 2 N–H and O–H groups in total. The van der Waals surface area contributed by atoms with Crippen molar-refractivity contribution in [3.63, 3.8) is 0 Å². The SMILES string of the molecule is CCCCCCCC/C=C\CCCCCCCC(=O)PN(C(=O)CCCCCCCCCCCCCCCCC)C(CO)C(=O)O. The maximum absolute atomic E-state index is 12.9. The van der Waals surface area contributed by atoms with Crippen LogP contribution < -0.4 is 0 Å². The number of carboxylic acids is 1. The van der Waals surface area contributed by atoms with Gasteiger partial charge in [-0.2, -0.15) is 0 Å². The van der Waals surface area contributed by atoms with Crippen molar-refractivity contribution in [3.8, 4) is 0 Å².